The lowest BCUT2D eigenvalue weighted by Crippen LogP contribution is -2.40. The Morgan fingerprint density at radius 3 is 2.64 bits per heavy atom. The number of aliphatic hydroxyl groups is 1. The van der Waals surface area contributed by atoms with Crippen molar-refractivity contribution in [1.29, 1.82) is 0 Å². The van der Waals surface area contributed by atoms with Crippen LogP contribution in [0.2, 0.25) is 0 Å². The van der Waals surface area contributed by atoms with E-state index in [0.29, 0.717) is 19.0 Å². The molecular weight excluding hydrogens is 178 g/mol. The second-order valence-corrected chi connectivity index (χ2v) is 3.74. The van der Waals surface area contributed by atoms with Crippen molar-refractivity contribution in [3.63, 3.8) is 0 Å². The molecule has 0 atom stereocenters. The van der Waals surface area contributed by atoms with Crippen LogP contribution in [0.3, 0.4) is 0 Å². The minimum atomic E-state index is 0.0549. The topological polar surface area (TPSA) is 40.5 Å². The summed E-state index contributed by atoms with van der Waals surface area (Å²) in [5.74, 6) is 0.0981. The summed E-state index contributed by atoms with van der Waals surface area (Å²) in [6.45, 7) is 4.08. The van der Waals surface area contributed by atoms with E-state index < -0.39 is 0 Å². The Hall–Kier alpha value is -0.830. The molecule has 0 spiro atoms. The van der Waals surface area contributed by atoms with E-state index in [4.69, 9.17) is 5.11 Å². The summed E-state index contributed by atoms with van der Waals surface area (Å²) in [6, 6.07) is 0.356. The molecule has 0 bridgehead atoms. The first-order chi connectivity index (χ1) is 6.79. The highest BCUT2D eigenvalue weighted by Crippen LogP contribution is 2.23. The van der Waals surface area contributed by atoms with Crippen LogP contribution in [-0.2, 0) is 4.79 Å². The van der Waals surface area contributed by atoms with Crippen LogP contribution in [0.1, 0.15) is 32.1 Å². The van der Waals surface area contributed by atoms with Gasteiger partial charge in [-0.15, -0.1) is 6.58 Å². The van der Waals surface area contributed by atoms with Crippen LogP contribution >= 0.6 is 0 Å². The molecule has 1 N–H and O–H groups in total. The van der Waals surface area contributed by atoms with Crippen molar-refractivity contribution < 1.29 is 9.90 Å². The normalized spacial score (nSPS) is 16.9. The Morgan fingerprint density at radius 2 is 2.14 bits per heavy atom. The van der Waals surface area contributed by atoms with E-state index in [1.165, 1.54) is 12.8 Å². The summed E-state index contributed by atoms with van der Waals surface area (Å²) in [5, 5.41) is 8.89. The summed E-state index contributed by atoms with van der Waals surface area (Å²) in [6.07, 6.45) is 6.59. The summed E-state index contributed by atoms with van der Waals surface area (Å²) >= 11 is 0. The molecule has 1 aliphatic rings. The van der Waals surface area contributed by atoms with Crippen LogP contribution in [0.15, 0.2) is 12.7 Å². The standard InChI is InChI=1S/C11H19NO2/c1-2-5-11(14)12(8-9-13)10-6-3-4-7-10/h2,10,13H,1,3-9H2. The predicted octanol–water partition coefficient (Wildman–Crippen LogP) is 1.33. The van der Waals surface area contributed by atoms with Crippen LogP contribution in [0.5, 0.6) is 0 Å². The van der Waals surface area contributed by atoms with Gasteiger partial charge in [0.05, 0.1) is 6.61 Å². The fourth-order valence-corrected chi connectivity index (χ4v) is 2.08. The Bertz CT molecular complexity index is 197. The molecule has 3 nitrogen and oxygen atoms in total. The zero-order valence-corrected chi connectivity index (χ0v) is 8.61. The molecule has 0 unspecified atom stereocenters. The maximum Gasteiger partial charge on any atom is 0.226 e. The lowest BCUT2D eigenvalue weighted by molar-refractivity contribution is -0.133. The molecule has 1 saturated carbocycles. The number of carbonyl (C=O) groups is 1. The van der Waals surface area contributed by atoms with E-state index in [-0.39, 0.29) is 12.5 Å². The van der Waals surface area contributed by atoms with Gasteiger partial charge in [-0.1, -0.05) is 18.9 Å². The van der Waals surface area contributed by atoms with Crippen molar-refractivity contribution in [2.45, 2.75) is 38.1 Å². The highest BCUT2D eigenvalue weighted by atomic mass is 16.3. The summed E-state index contributed by atoms with van der Waals surface area (Å²) in [5.41, 5.74) is 0. The van der Waals surface area contributed by atoms with Crippen molar-refractivity contribution in [3.05, 3.63) is 12.7 Å². The van der Waals surface area contributed by atoms with E-state index in [0.717, 1.165) is 12.8 Å². The molecule has 0 radical (unpaired) electrons. The lowest BCUT2D eigenvalue weighted by atomic mass is 10.2. The van der Waals surface area contributed by atoms with Crippen molar-refractivity contribution in [3.8, 4) is 0 Å². The molecule has 0 aliphatic heterocycles. The van der Waals surface area contributed by atoms with Crippen molar-refractivity contribution in [2.75, 3.05) is 13.2 Å². The van der Waals surface area contributed by atoms with E-state index in [1.807, 2.05) is 4.90 Å². The molecule has 14 heavy (non-hydrogen) atoms. The SMILES string of the molecule is C=CCC(=O)N(CCO)C1CCCC1. The molecule has 0 heterocycles. The van der Waals surface area contributed by atoms with Gasteiger partial charge in [0.15, 0.2) is 0 Å². The van der Waals surface area contributed by atoms with Gasteiger partial charge in [-0.25, -0.2) is 0 Å². The maximum absolute atomic E-state index is 11.7. The van der Waals surface area contributed by atoms with Gasteiger partial charge in [0.1, 0.15) is 0 Å². The number of amides is 1. The Labute approximate surface area is 85.4 Å². The highest BCUT2D eigenvalue weighted by molar-refractivity contribution is 5.78. The van der Waals surface area contributed by atoms with Gasteiger partial charge in [-0.3, -0.25) is 4.79 Å². The predicted molar refractivity (Wildman–Crippen MR) is 55.9 cm³/mol. The van der Waals surface area contributed by atoms with Gasteiger partial charge in [-0.05, 0) is 12.8 Å². The van der Waals surface area contributed by atoms with Gasteiger partial charge >= 0.3 is 0 Å². The molecule has 1 aliphatic carbocycles. The molecule has 0 aromatic rings. The largest absolute Gasteiger partial charge is 0.395 e. The van der Waals surface area contributed by atoms with Crippen LogP contribution in [-0.4, -0.2) is 35.1 Å². The van der Waals surface area contributed by atoms with E-state index >= 15 is 0 Å². The van der Waals surface area contributed by atoms with Gasteiger partial charge in [-0.2, -0.15) is 0 Å². The molecular formula is C11H19NO2. The Balaban J connectivity index is 2.52. The average Bonchev–Trinajstić information content (AvgIpc) is 2.67. The third-order valence-electron chi connectivity index (χ3n) is 2.75. The first kappa shape index (κ1) is 11.2. The maximum atomic E-state index is 11.7. The average molecular weight is 197 g/mol. The lowest BCUT2D eigenvalue weighted by Gasteiger charge is -2.28. The van der Waals surface area contributed by atoms with Crippen LogP contribution in [0.4, 0.5) is 0 Å². The summed E-state index contributed by atoms with van der Waals surface area (Å²) < 4.78 is 0. The number of rotatable bonds is 5. The molecule has 1 rings (SSSR count). The van der Waals surface area contributed by atoms with E-state index in [2.05, 4.69) is 6.58 Å². The molecule has 0 aromatic heterocycles. The quantitative estimate of drug-likeness (QED) is 0.675. The highest BCUT2D eigenvalue weighted by Gasteiger charge is 2.25. The second kappa shape index (κ2) is 5.81. The van der Waals surface area contributed by atoms with Crippen molar-refractivity contribution in [2.24, 2.45) is 0 Å². The zero-order valence-electron chi connectivity index (χ0n) is 8.61. The second-order valence-electron chi connectivity index (χ2n) is 3.74. The van der Waals surface area contributed by atoms with Gasteiger partial charge < -0.3 is 10.0 Å². The fraction of sp³-hybridized carbons (Fsp3) is 0.727. The number of aliphatic hydroxyl groups excluding tert-OH is 1. The Morgan fingerprint density at radius 1 is 1.50 bits per heavy atom. The molecule has 1 amide bonds. The third-order valence-corrected chi connectivity index (χ3v) is 2.75. The third kappa shape index (κ3) is 2.84. The molecule has 1 fully saturated rings. The number of nitrogens with zero attached hydrogens (tertiary/aromatic N) is 1. The van der Waals surface area contributed by atoms with Crippen molar-refractivity contribution in [1.82, 2.24) is 4.90 Å². The first-order valence-corrected chi connectivity index (χ1v) is 5.30. The van der Waals surface area contributed by atoms with Crippen LogP contribution in [0.25, 0.3) is 0 Å². The Kier molecular flexibility index (Phi) is 4.66. The fourth-order valence-electron chi connectivity index (χ4n) is 2.08. The monoisotopic (exact) mass is 197 g/mol. The smallest absolute Gasteiger partial charge is 0.226 e. The summed E-state index contributed by atoms with van der Waals surface area (Å²) in [7, 11) is 0. The van der Waals surface area contributed by atoms with Crippen LogP contribution < -0.4 is 0 Å². The molecule has 80 valence electrons. The molecule has 0 saturated heterocycles. The summed E-state index contributed by atoms with van der Waals surface area (Å²) in [4.78, 5) is 13.5. The van der Waals surface area contributed by atoms with Gasteiger partial charge in [0, 0.05) is 19.0 Å². The molecule has 0 aromatic carbocycles. The number of hydrogen-bond acceptors (Lipinski definition) is 2. The first-order valence-electron chi connectivity index (χ1n) is 5.30. The van der Waals surface area contributed by atoms with E-state index in [9.17, 15) is 4.79 Å². The molecule has 3 heteroatoms. The minimum absolute atomic E-state index is 0.0549. The van der Waals surface area contributed by atoms with Crippen molar-refractivity contribution >= 4 is 5.91 Å². The number of carbonyl (C=O) groups excluding carboxylic acids is 1. The zero-order chi connectivity index (χ0) is 10.4. The minimum Gasteiger partial charge on any atom is -0.395 e. The van der Waals surface area contributed by atoms with E-state index in [1.54, 1.807) is 6.08 Å². The van der Waals surface area contributed by atoms with Crippen LogP contribution in [0, 0.1) is 0 Å². The van der Waals surface area contributed by atoms with Gasteiger partial charge in [0.2, 0.25) is 5.91 Å². The number of hydrogen-bond donors (Lipinski definition) is 1. The van der Waals surface area contributed by atoms with Gasteiger partial charge in [0.25, 0.3) is 0 Å².